The zero-order chi connectivity index (χ0) is 27.1. The summed E-state index contributed by atoms with van der Waals surface area (Å²) in [4.78, 5) is 30.1. The Morgan fingerprint density at radius 1 is 1.13 bits per heavy atom. The lowest BCUT2D eigenvalue weighted by molar-refractivity contribution is 0.267. The topological polar surface area (TPSA) is 144 Å². The molecule has 0 aromatic carbocycles. The third kappa shape index (κ3) is 5.28. The monoisotopic (exact) mass is 534 g/mol. The number of H-pyrrole nitrogens is 1. The van der Waals surface area contributed by atoms with Crippen molar-refractivity contribution in [2.24, 2.45) is 24.8 Å². The van der Waals surface area contributed by atoms with Gasteiger partial charge in [-0.1, -0.05) is 26.2 Å². The number of fused-ring (bicyclic) bond motifs is 1. The summed E-state index contributed by atoms with van der Waals surface area (Å²) in [6.07, 6.45) is 10.6. The van der Waals surface area contributed by atoms with E-state index in [1.165, 1.54) is 44.9 Å². The molecule has 3 N–H and O–H groups in total. The van der Waals surface area contributed by atoms with E-state index in [9.17, 15) is 4.79 Å². The van der Waals surface area contributed by atoms with Crippen molar-refractivity contribution in [3.8, 4) is 11.6 Å². The summed E-state index contributed by atoms with van der Waals surface area (Å²) in [5.41, 5.74) is 3.54. The van der Waals surface area contributed by atoms with Crippen molar-refractivity contribution >= 4 is 22.9 Å². The number of hydrogen-bond donors (Lipinski definition) is 3. The first kappa shape index (κ1) is 25.6. The van der Waals surface area contributed by atoms with Crippen molar-refractivity contribution in [3.05, 3.63) is 28.0 Å². The van der Waals surface area contributed by atoms with Gasteiger partial charge in [-0.2, -0.15) is 15.2 Å². The molecule has 0 radical (unpaired) electrons. The van der Waals surface area contributed by atoms with E-state index in [1.54, 1.807) is 0 Å². The Hall–Kier alpha value is -3.70. The van der Waals surface area contributed by atoms with Crippen LogP contribution in [0.15, 0.2) is 15.5 Å². The van der Waals surface area contributed by atoms with Crippen LogP contribution in [0.4, 0.5) is 11.8 Å². The molecule has 1 atom stereocenters. The van der Waals surface area contributed by atoms with Crippen LogP contribution >= 0.6 is 0 Å². The summed E-state index contributed by atoms with van der Waals surface area (Å²) in [6, 6.07) is 0.245. The fourth-order valence-electron chi connectivity index (χ4n) is 5.92. The van der Waals surface area contributed by atoms with Crippen LogP contribution in [0.2, 0.25) is 0 Å². The van der Waals surface area contributed by atoms with Crippen LogP contribution in [0, 0.1) is 24.7 Å². The van der Waals surface area contributed by atoms with Gasteiger partial charge >= 0.3 is 5.76 Å². The van der Waals surface area contributed by atoms with Crippen LogP contribution in [0.5, 0.6) is 0 Å². The first-order chi connectivity index (χ1) is 18.8. The van der Waals surface area contributed by atoms with Crippen molar-refractivity contribution in [1.82, 2.24) is 39.4 Å². The second kappa shape index (κ2) is 10.5. The fraction of sp³-hybridized carbons (Fsp3) is 0.630. The van der Waals surface area contributed by atoms with Crippen LogP contribution in [0.1, 0.15) is 70.1 Å². The van der Waals surface area contributed by atoms with Gasteiger partial charge in [0.1, 0.15) is 5.52 Å². The average Bonchev–Trinajstić information content (AvgIpc) is 3.54. The SMILES string of the molecule is Cc1nn(C)cc1CNc1nc2nc(-c3nc(=O)o[nH]3)nc(N[C@H](C)C3CCC3)c2n1C[C@H]1CC[C@H](C)CC1. The molecule has 12 nitrogen and oxygen atoms in total. The first-order valence-corrected chi connectivity index (χ1v) is 14.2. The summed E-state index contributed by atoms with van der Waals surface area (Å²) >= 11 is 0. The van der Waals surface area contributed by atoms with Gasteiger partial charge in [-0.25, -0.2) is 14.8 Å². The molecule has 4 heterocycles. The Morgan fingerprint density at radius 3 is 2.56 bits per heavy atom. The lowest BCUT2D eigenvalue weighted by atomic mass is 9.80. The third-order valence-electron chi connectivity index (χ3n) is 8.60. The highest BCUT2D eigenvalue weighted by molar-refractivity contribution is 5.87. The van der Waals surface area contributed by atoms with Crippen molar-refractivity contribution in [3.63, 3.8) is 0 Å². The number of nitrogens with zero attached hydrogens (tertiary/aromatic N) is 7. The largest absolute Gasteiger partial charge is 0.460 e. The molecule has 2 aliphatic rings. The summed E-state index contributed by atoms with van der Waals surface area (Å²) in [5, 5.41) is 14.3. The van der Waals surface area contributed by atoms with E-state index in [0.717, 1.165) is 35.2 Å². The molecule has 4 aromatic rings. The predicted molar refractivity (Wildman–Crippen MR) is 148 cm³/mol. The number of aromatic nitrogens is 8. The van der Waals surface area contributed by atoms with E-state index in [1.807, 2.05) is 24.9 Å². The molecule has 0 saturated heterocycles. The summed E-state index contributed by atoms with van der Waals surface area (Å²) in [5.74, 6) is 3.17. The summed E-state index contributed by atoms with van der Waals surface area (Å²) in [7, 11) is 1.93. The van der Waals surface area contributed by atoms with Crippen molar-refractivity contribution in [1.29, 1.82) is 0 Å². The number of imidazole rings is 1. The lowest BCUT2D eigenvalue weighted by Crippen LogP contribution is -2.31. The van der Waals surface area contributed by atoms with E-state index < -0.39 is 5.76 Å². The molecular formula is C27H38N10O2. The van der Waals surface area contributed by atoms with E-state index in [4.69, 9.17) is 19.5 Å². The summed E-state index contributed by atoms with van der Waals surface area (Å²) < 4.78 is 8.91. The highest BCUT2D eigenvalue weighted by atomic mass is 16.5. The van der Waals surface area contributed by atoms with Crippen LogP contribution in [-0.2, 0) is 20.1 Å². The Morgan fingerprint density at radius 2 is 1.92 bits per heavy atom. The minimum atomic E-state index is -0.711. The lowest BCUT2D eigenvalue weighted by Gasteiger charge is -2.32. The molecule has 12 heteroatoms. The average molecular weight is 535 g/mol. The van der Waals surface area contributed by atoms with Crippen molar-refractivity contribution < 1.29 is 4.52 Å². The second-order valence-corrected chi connectivity index (χ2v) is 11.6. The number of aryl methyl sites for hydroxylation is 2. The Kier molecular flexibility index (Phi) is 6.86. The van der Waals surface area contributed by atoms with Gasteiger partial charge in [0, 0.05) is 37.9 Å². The van der Waals surface area contributed by atoms with Crippen LogP contribution in [0.3, 0.4) is 0 Å². The Bertz CT molecular complexity index is 1500. The molecule has 39 heavy (non-hydrogen) atoms. The fourth-order valence-corrected chi connectivity index (χ4v) is 5.92. The molecule has 0 bridgehead atoms. The molecule has 2 fully saturated rings. The molecule has 0 unspecified atom stereocenters. The van der Waals surface area contributed by atoms with Gasteiger partial charge < -0.3 is 19.7 Å². The van der Waals surface area contributed by atoms with Gasteiger partial charge in [0.2, 0.25) is 17.6 Å². The first-order valence-electron chi connectivity index (χ1n) is 14.2. The van der Waals surface area contributed by atoms with Crippen LogP contribution in [-0.4, -0.2) is 45.5 Å². The maximum Gasteiger partial charge on any atom is 0.460 e. The smallest absolute Gasteiger partial charge is 0.365 e. The van der Waals surface area contributed by atoms with Gasteiger partial charge in [0.25, 0.3) is 0 Å². The minimum absolute atomic E-state index is 0.192. The van der Waals surface area contributed by atoms with Gasteiger partial charge in [-0.05, 0) is 57.3 Å². The maximum atomic E-state index is 11.7. The minimum Gasteiger partial charge on any atom is -0.365 e. The van der Waals surface area contributed by atoms with E-state index in [2.05, 4.69) is 44.3 Å². The van der Waals surface area contributed by atoms with Gasteiger partial charge in [-0.3, -0.25) is 4.68 Å². The highest BCUT2D eigenvalue weighted by Crippen LogP contribution is 2.35. The molecule has 0 aliphatic heterocycles. The van der Waals surface area contributed by atoms with Crippen molar-refractivity contribution in [2.45, 2.75) is 84.8 Å². The summed E-state index contributed by atoms with van der Waals surface area (Å²) in [6.45, 7) is 8.02. The number of anilines is 2. The maximum absolute atomic E-state index is 11.7. The molecular weight excluding hydrogens is 496 g/mol. The van der Waals surface area contributed by atoms with Crippen LogP contribution < -0.4 is 16.4 Å². The number of aromatic amines is 1. The van der Waals surface area contributed by atoms with E-state index in [0.29, 0.717) is 29.8 Å². The Balaban J connectivity index is 1.43. The quantitative estimate of drug-likeness (QED) is 0.287. The molecule has 0 amide bonds. The number of nitrogens with one attached hydrogen (secondary N) is 3. The zero-order valence-corrected chi connectivity index (χ0v) is 23.2. The van der Waals surface area contributed by atoms with E-state index in [-0.39, 0.29) is 17.7 Å². The number of rotatable bonds is 9. The predicted octanol–water partition coefficient (Wildman–Crippen LogP) is 4.25. The highest BCUT2D eigenvalue weighted by Gasteiger charge is 2.28. The molecule has 2 saturated carbocycles. The second-order valence-electron chi connectivity index (χ2n) is 11.6. The molecule has 4 aromatic heterocycles. The van der Waals surface area contributed by atoms with E-state index >= 15 is 0 Å². The van der Waals surface area contributed by atoms with Gasteiger partial charge in [-0.15, -0.1) is 4.98 Å². The van der Waals surface area contributed by atoms with Crippen LogP contribution in [0.25, 0.3) is 22.8 Å². The molecule has 6 rings (SSSR count). The third-order valence-corrected chi connectivity index (χ3v) is 8.60. The zero-order valence-electron chi connectivity index (χ0n) is 23.2. The van der Waals surface area contributed by atoms with Crippen molar-refractivity contribution in [2.75, 3.05) is 10.6 Å². The molecule has 208 valence electrons. The van der Waals surface area contributed by atoms with Gasteiger partial charge in [0.05, 0.1) is 5.69 Å². The molecule has 0 spiro atoms. The number of hydrogen-bond acceptors (Lipinski definition) is 9. The molecule has 2 aliphatic carbocycles. The Labute approximate surface area is 227 Å². The standard InChI is InChI=1S/C27H38N10O2/c1-15-8-10-18(11-9-15)13-37-21-22(29-16(2)19-6-5-7-19)30-24(25-33-27(38)39-35-25)31-23(21)32-26(37)28-12-20-14-36(4)34-17(20)3/h14-16,18-19H,5-13H2,1-4H3,(H,33,35,38)(H2,28,29,30,31,32)/t15-,16-,18-/m1/s1. The normalized spacial score (nSPS) is 20.7. The van der Waals surface area contributed by atoms with Gasteiger partial charge in [0.15, 0.2) is 11.5 Å².